The molecule has 1 heterocycles. The molecule has 4 nitrogen and oxygen atoms in total. The normalized spacial score (nSPS) is 22.9. The van der Waals surface area contributed by atoms with Gasteiger partial charge in [-0.25, -0.2) is 4.98 Å². The largest absolute Gasteiger partial charge is 0.405 e. The molecule has 0 bridgehead atoms. The molecule has 0 aliphatic heterocycles. The van der Waals surface area contributed by atoms with Crippen LogP contribution in [0.25, 0.3) is 0 Å². The van der Waals surface area contributed by atoms with Crippen LogP contribution in [0.4, 0.5) is 24.7 Å². The molecule has 0 radical (unpaired) electrons. The predicted octanol–water partition coefficient (Wildman–Crippen LogP) is 3.05. The van der Waals surface area contributed by atoms with Crippen molar-refractivity contribution >= 4 is 11.5 Å². The third-order valence-electron chi connectivity index (χ3n) is 3.69. The van der Waals surface area contributed by atoms with E-state index in [4.69, 9.17) is 5.73 Å². The van der Waals surface area contributed by atoms with Gasteiger partial charge in [-0.05, 0) is 44.7 Å². The summed E-state index contributed by atoms with van der Waals surface area (Å²) in [5, 5.41) is 5.68. The number of halogens is 3. The molecule has 1 aromatic rings. The van der Waals surface area contributed by atoms with E-state index in [1.807, 2.05) is 0 Å². The molecule has 118 valence electrons. The molecular formula is C14H21F3N4. The Morgan fingerprint density at radius 1 is 1.24 bits per heavy atom. The Balaban J connectivity index is 1.93. The lowest BCUT2D eigenvalue weighted by molar-refractivity contribution is -0.115. The Bertz CT molecular complexity index is 468. The van der Waals surface area contributed by atoms with Gasteiger partial charge in [0, 0.05) is 12.1 Å². The molecule has 0 spiro atoms. The summed E-state index contributed by atoms with van der Waals surface area (Å²) in [4.78, 5) is 4.16. The summed E-state index contributed by atoms with van der Waals surface area (Å²) in [5.74, 6) is 0.237. The maximum atomic E-state index is 12.1. The average Bonchev–Trinajstić information content (AvgIpc) is 2.41. The molecule has 0 unspecified atom stereocenters. The van der Waals surface area contributed by atoms with E-state index in [0.717, 1.165) is 31.4 Å². The van der Waals surface area contributed by atoms with E-state index < -0.39 is 12.7 Å². The van der Waals surface area contributed by atoms with Crippen molar-refractivity contribution in [2.24, 2.45) is 5.73 Å². The zero-order valence-corrected chi connectivity index (χ0v) is 12.0. The summed E-state index contributed by atoms with van der Waals surface area (Å²) in [6.45, 7) is 0.711. The van der Waals surface area contributed by atoms with E-state index in [2.05, 4.69) is 15.6 Å². The Morgan fingerprint density at radius 3 is 2.48 bits per heavy atom. The molecule has 21 heavy (non-hydrogen) atoms. The third-order valence-corrected chi connectivity index (χ3v) is 3.69. The molecule has 4 N–H and O–H groups in total. The van der Waals surface area contributed by atoms with E-state index in [-0.39, 0.29) is 11.9 Å². The van der Waals surface area contributed by atoms with Gasteiger partial charge in [-0.15, -0.1) is 0 Å². The van der Waals surface area contributed by atoms with Gasteiger partial charge < -0.3 is 16.4 Å². The Labute approximate surface area is 122 Å². The minimum Gasteiger partial charge on any atom is -0.381 e. The van der Waals surface area contributed by atoms with Crippen molar-refractivity contribution in [3.63, 3.8) is 0 Å². The summed E-state index contributed by atoms with van der Waals surface area (Å²) >= 11 is 0. The number of rotatable bonds is 4. The highest BCUT2D eigenvalue weighted by Crippen LogP contribution is 2.24. The fraction of sp³-hybridized carbons (Fsp3) is 0.643. The molecule has 1 aromatic heterocycles. The SMILES string of the molecule is Cc1nc(NCC(F)(F)F)ccc1NC1CCC(N)CC1. The van der Waals surface area contributed by atoms with Crippen LogP contribution in [-0.4, -0.2) is 29.8 Å². The molecule has 0 amide bonds. The lowest BCUT2D eigenvalue weighted by Gasteiger charge is -2.28. The average molecular weight is 302 g/mol. The zero-order valence-electron chi connectivity index (χ0n) is 12.0. The molecule has 0 aromatic carbocycles. The van der Waals surface area contributed by atoms with E-state index in [1.165, 1.54) is 0 Å². The molecule has 7 heteroatoms. The van der Waals surface area contributed by atoms with Crippen LogP contribution < -0.4 is 16.4 Å². The molecule has 1 aliphatic rings. The molecule has 1 fully saturated rings. The molecule has 1 saturated carbocycles. The number of nitrogens with two attached hydrogens (primary N) is 1. The molecule has 0 atom stereocenters. The van der Waals surface area contributed by atoms with Gasteiger partial charge in [0.05, 0.1) is 11.4 Å². The minimum absolute atomic E-state index is 0.237. The van der Waals surface area contributed by atoms with Crippen LogP contribution in [-0.2, 0) is 0 Å². The highest BCUT2D eigenvalue weighted by molar-refractivity contribution is 5.53. The number of alkyl halides is 3. The summed E-state index contributed by atoms with van der Waals surface area (Å²) in [5.41, 5.74) is 7.43. The first-order valence-corrected chi connectivity index (χ1v) is 7.14. The second-order valence-electron chi connectivity index (χ2n) is 5.55. The van der Waals surface area contributed by atoms with E-state index >= 15 is 0 Å². The maximum absolute atomic E-state index is 12.1. The fourth-order valence-electron chi connectivity index (χ4n) is 2.49. The Hall–Kier alpha value is -1.50. The lowest BCUT2D eigenvalue weighted by atomic mass is 9.91. The van der Waals surface area contributed by atoms with Crippen molar-refractivity contribution in [1.82, 2.24) is 4.98 Å². The van der Waals surface area contributed by atoms with Crippen LogP contribution in [0.5, 0.6) is 0 Å². The molecule has 1 aliphatic carbocycles. The molecule has 0 saturated heterocycles. The lowest BCUT2D eigenvalue weighted by Crippen LogP contribution is -2.33. The predicted molar refractivity (Wildman–Crippen MR) is 77.4 cm³/mol. The van der Waals surface area contributed by atoms with Gasteiger partial charge in [0.2, 0.25) is 0 Å². The van der Waals surface area contributed by atoms with Crippen LogP contribution in [0.2, 0.25) is 0 Å². The first kappa shape index (κ1) is 15.9. The number of nitrogens with zero attached hydrogens (tertiary/aromatic N) is 1. The van der Waals surface area contributed by atoms with Gasteiger partial charge >= 0.3 is 6.18 Å². The number of pyridine rings is 1. The highest BCUT2D eigenvalue weighted by Gasteiger charge is 2.26. The second kappa shape index (κ2) is 6.51. The topological polar surface area (TPSA) is 63.0 Å². The number of nitrogens with one attached hydrogen (secondary N) is 2. The highest BCUT2D eigenvalue weighted by atomic mass is 19.4. The number of aromatic nitrogens is 1. The van der Waals surface area contributed by atoms with Gasteiger partial charge in [0.25, 0.3) is 0 Å². The van der Waals surface area contributed by atoms with Gasteiger partial charge in [-0.1, -0.05) is 0 Å². The fourth-order valence-corrected chi connectivity index (χ4v) is 2.49. The summed E-state index contributed by atoms with van der Waals surface area (Å²) < 4.78 is 36.4. The van der Waals surface area contributed by atoms with E-state index in [1.54, 1.807) is 19.1 Å². The Kier molecular flexibility index (Phi) is 4.92. The van der Waals surface area contributed by atoms with Gasteiger partial charge in [-0.2, -0.15) is 13.2 Å². The van der Waals surface area contributed by atoms with Crippen molar-refractivity contribution in [2.45, 2.75) is 50.9 Å². The number of aryl methyl sites for hydroxylation is 1. The van der Waals surface area contributed by atoms with Crippen molar-refractivity contribution in [3.8, 4) is 0 Å². The summed E-state index contributed by atoms with van der Waals surface area (Å²) in [6.07, 6.45) is -0.235. The van der Waals surface area contributed by atoms with E-state index in [9.17, 15) is 13.2 Å². The zero-order chi connectivity index (χ0) is 15.5. The summed E-state index contributed by atoms with van der Waals surface area (Å²) in [6, 6.07) is 3.99. The van der Waals surface area contributed by atoms with Crippen LogP contribution in [0.1, 0.15) is 31.4 Å². The van der Waals surface area contributed by atoms with Crippen molar-refractivity contribution in [3.05, 3.63) is 17.8 Å². The van der Waals surface area contributed by atoms with Gasteiger partial charge in [0.1, 0.15) is 12.4 Å². The van der Waals surface area contributed by atoms with Crippen LogP contribution >= 0.6 is 0 Å². The first-order valence-electron chi connectivity index (χ1n) is 7.14. The first-order chi connectivity index (χ1) is 9.83. The second-order valence-corrected chi connectivity index (χ2v) is 5.55. The third kappa shape index (κ3) is 5.08. The van der Waals surface area contributed by atoms with Gasteiger partial charge in [0.15, 0.2) is 0 Å². The quantitative estimate of drug-likeness (QED) is 0.800. The van der Waals surface area contributed by atoms with Gasteiger partial charge in [-0.3, -0.25) is 0 Å². The van der Waals surface area contributed by atoms with Crippen molar-refractivity contribution in [1.29, 1.82) is 0 Å². The molecule has 2 rings (SSSR count). The number of anilines is 2. The number of hydrogen-bond acceptors (Lipinski definition) is 4. The van der Waals surface area contributed by atoms with Crippen molar-refractivity contribution < 1.29 is 13.2 Å². The van der Waals surface area contributed by atoms with Crippen LogP contribution in [0.15, 0.2) is 12.1 Å². The summed E-state index contributed by atoms with van der Waals surface area (Å²) in [7, 11) is 0. The monoisotopic (exact) mass is 302 g/mol. The standard InChI is InChI=1S/C14H21F3N4/c1-9-12(21-11-4-2-10(18)3-5-11)6-7-13(20-9)19-8-14(15,16)17/h6-7,10-11,21H,2-5,8,18H2,1H3,(H,19,20). The number of hydrogen-bond donors (Lipinski definition) is 3. The van der Waals surface area contributed by atoms with Crippen LogP contribution in [0, 0.1) is 6.92 Å². The maximum Gasteiger partial charge on any atom is 0.405 e. The Morgan fingerprint density at radius 2 is 1.90 bits per heavy atom. The van der Waals surface area contributed by atoms with E-state index in [0.29, 0.717) is 11.7 Å². The smallest absolute Gasteiger partial charge is 0.381 e. The minimum atomic E-state index is -4.24. The van der Waals surface area contributed by atoms with Crippen LogP contribution in [0.3, 0.4) is 0 Å². The van der Waals surface area contributed by atoms with Crippen molar-refractivity contribution in [2.75, 3.05) is 17.2 Å². The molecular weight excluding hydrogens is 281 g/mol.